The van der Waals surface area contributed by atoms with E-state index in [9.17, 15) is 5.41 Å². The van der Waals surface area contributed by atoms with Crippen molar-refractivity contribution in [2.24, 2.45) is 10.1 Å². The Bertz CT molecular complexity index is 1210. The van der Waals surface area contributed by atoms with Crippen LogP contribution < -0.4 is 0 Å². The molecule has 4 rings (SSSR count). The highest BCUT2D eigenvalue weighted by molar-refractivity contribution is 7.12. The summed E-state index contributed by atoms with van der Waals surface area (Å²) in [6.45, 7) is 11.2. The molecule has 1 aliphatic heterocycles. The number of thiophene rings is 1. The van der Waals surface area contributed by atoms with Gasteiger partial charge in [-0.3, -0.25) is 0 Å². The van der Waals surface area contributed by atoms with E-state index in [1.165, 1.54) is 0 Å². The number of benzene rings is 2. The Hall–Kier alpha value is -2.78. The van der Waals surface area contributed by atoms with Crippen LogP contribution in [0.15, 0.2) is 94.1 Å². The van der Waals surface area contributed by atoms with E-state index in [-0.39, 0.29) is 5.41 Å². The summed E-state index contributed by atoms with van der Waals surface area (Å²) in [5.41, 5.74) is 8.56. The summed E-state index contributed by atoms with van der Waals surface area (Å²) in [7, 11) is -2.40. The monoisotopic (exact) mass is 454 g/mol. The molecule has 0 saturated carbocycles. The fraction of sp³-hybridized carbons (Fsp3) is 0.250. The highest BCUT2D eigenvalue weighted by Crippen LogP contribution is 2.51. The zero-order valence-corrected chi connectivity index (χ0v) is 21.3. The van der Waals surface area contributed by atoms with Crippen molar-refractivity contribution in [2.75, 3.05) is 0 Å². The van der Waals surface area contributed by atoms with Crippen molar-refractivity contribution in [2.45, 2.75) is 38.9 Å². The second kappa shape index (κ2) is 8.29. The maximum atomic E-state index is 9.59. The second-order valence-electron chi connectivity index (χ2n) is 9.81. The lowest BCUT2D eigenvalue weighted by Gasteiger charge is -2.40. The highest BCUT2D eigenvalue weighted by Gasteiger charge is 2.61. The fourth-order valence-corrected chi connectivity index (χ4v) is 9.11. The Labute approximate surface area is 196 Å². The Balaban J connectivity index is 2.10. The normalized spacial score (nSPS) is 19.9. The van der Waals surface area contributed by atoms with Gasteiger partial charge in [-0.05, 0) is 41.7 Å². The molecule has 2 aromatic carbocycles. The van der Waals surface area contributed by atoms with Crippen LogP contribution in [0.3, 0.4) is 0 Å². The quantitative estimate of drug-likeness (QED) is 0.240. The third-order valence-electron chi connectivity index (χ3n) is 6.16. The number of nitrogens with one attached hydrogen (secondary N) is 1. The van der Waals surface area contributed by atoms with Crippen molar-refractivity contribution in [3.8, 4) is 0 Å². The number of allylic oxidation sites excluding steroid dienone is 1. The lowest BCUT2D eigenvalue weighted by atomic mass is 9.76. The zero-order valence-electron chi connectivity index (χ0n) is 19.4. The number of hydrogen-bond acceptors (Lipinski definition) is 3. The van der Waals surface area contributed by atoms with Crippen molar-refractivity contribution >= 4 is 37.1 Å². The average Bonchev–Trinajstić information content (AvgIpc) is 3.38. The molecule has 1 unspecified atom stereocenters. The molecule has 4 heteroatoms. The van der Waals surface area contributed by atoms with Crippen molar-refractivity contribution in [3.05, 3.63) is 105 Å². The molecule has 162 valence electrons. The van der Waals surface area contributed by atoms with Crippen molar-refractivity contribution in [1.82, 2.24) is 0 Å². The average molecular weight is 455 g/mol. The summed E-state index contributed by atoms with van der Waals surface area (Å²) >= 11 is 1.63. The molecule has 0 spiro atoms. The molecule has 0 radical (unpaired) electrons. The third kappa shape index (κ3) is 3.69. The minimum Gasteiger partial charge on any atom is -0.323 e. The summed E-state index contributed by atoms with van der Waals surface area (Å²) in [6, 6.07) is 24.9. The van der Waals surface area contributed by atoms with E-state index in [4.69, 9.17) is 4.66 Å². The van der Waals surface area contributed by atoms with E-state index in [0.717, 1.165) is 27.3 Å². The zero-order chi connectivity index (χ0) is 23.0. The Morgan fingerprint density at radius 3 is 2.16 bits per heavy atom. The topological polar surface area (TPSA) is 36.2 Å². The lowest BCUT2D eigenvalue weighted by Crippen LogP contribution is -2.54. The molecule has 32 heavy (non-hydrogen) atoms. The van der Waals surface area contributed by atoms with Gasteiger partial charge in [-0.2, -0.15) is 0 Å². The van der Waals surface area contributed by atoms with Gasteiger partial charge < -0.3 is 10.1 Å². The van der Waals surface area contributed by atoms with Gasteiger partial charge in [0.05, 0.1) is 10.7 Å². The molecule has 0 saturated heterocycles. The van der Waals surface area contributed by atoms with Crippen LogP contribution in [0.1, 0.15) is 36.8 Å². The van der Waals surface area contributed by atoms with Gasteiger partial charge in [-0.25, -0.2) is 0 Å². The van der Waals surface area contributed by atoms with Crippen LogP contribution in [0.4, 0.5) is 0 Å². The first-order chi connectivity index (χ1) is 15.2. The molecule has 2 heterocycles. The van der Waals surface area contributed by atoms with Gasteiger partial charge in [-0.1, -0.05) is 87.5 Å². The summed E-state index contributed by atoms with van der Waals surface area (Å²) < 4.78 is 5.45. The SMILES string of the molecule is CC(C)(C)C1=N[Si](C)(C)C(C(=N)c2cccs2)(c2ccccc2)C1=C=Cc1ccccc1. The minimum absolute atomic E-state index is 0.149. The van der Waals surface area contributed by atoms with Crippen molar-refractivity contribution in [3.63, 3.8) is 0 Å². The molecular formula is C28H30N2SSi. The molecule has 3 aromatic rings. The third-order valence-corrected chi connectivity index (χ3v) is 10.5. The summed E-state index contributed by atoms with van der Waals surface area (Å²) in [6.07, 6.45) is 2.06. The maximum Gasteiger partial charge on any atom is 0.197 e. The van der Waals surface area contributed by atoms with E-state index < -0.39 is 13.3 Å². The smallest absolute Gasteiger partial charge is 0.197 e. The standard InChI is InChI=1S/C28H30N2SSi/c1-27(2,3)26-23(19-18-21-13-8-6-9-14-21)28(32(4,5)30-26,22-15-10-7-11-16-22)25(29)24-17-12-20-31-24/h6-18,20,29H,1-5H3. The van der Waals surface area contributed by atoms with Crippen LogP contribution in [0.2, 0.25) is 13.1 Å². The molecule has 0 fully saturated rings. The van der Waals surface area contributed by atoms with Crippen molar-refractivity contribution < 1.29 is 0 Å². The first-order valence-corrected chi connectivity index (χ1v) is 14.8. The van der Waals surface area contributed by atoms with Gasteiger partial charge in [0.25, 0.3) is 0 Å². The lowest BCUT2D eigenvalue weighted by molar-refractivity contribution is 0.591. The minimum atomic E-state index is -2.40. The van der Waals surface area contributed by atoms with Crippen molar-refractivity contribution in [1.29, 1.82) is 5.41 Å². The molecule has 0 amide bonds. The van der Waals surface area contributed by atoms with E-state index in [1.807, 2.05) is 30.3 Å². The fourth-order valence-electron chi connectivity index (χ4n) is 4.69. The summed E-state index contributed by atoms with van der Waals surface area (Å²) in [4.78, 5) is 0.999. The van der Waals surface area contributed by atoms with Gasteiger partial charge in [0.1, 0.15) is 0 Å². The predicted molar refractivity (Wildman–Crippen MR) is 142 cm³/mol. The van der Waals surface area contributed by atoms with Crippen LogP contribution in [0.25, 0.3) is 6.08 Å². The van der Waals surface area contributed by atoms with Crippen LogP contribution in [0, 0.1) is 10.8 Å². The number of hydrogen-bond donors (Lipinski definition) is 1. The molecule has 0 bridgehead atoms. The first-order valence-electron chi connectivity index (χ1n) is 11.0. The van der Waals surface area contributed by atoms with Crippen LogP contribution in [-0.2, 0) is 5.04 Å². The largest absolute Gasteiger partial charge is 0.323 e. The van der Waals surface area contributed by atoms with Crippen LogP contribution in [-0.4, -0.2) is 19.7 Å². The Morgan fingerprint density at radius 1 is 0.969 bits per heavy atom. The van der Waals surface area contributed by atoms with Gasteiger partial charge >= 0.3 is 0 Å². The van der Waals surface area contributed by atoms with E-state index in [1.54, 1.807) is 11.3 Å². The van der Waals surface area contributed by atoms with E-state index >= 15 is 0 Å². The van der Waals surface area contributed by atoms with Crippen LogP contribution >= 0.6 is 11.3 Å². The molecular weight excluding hydrogens is 424 g/mol. The molecule has 2 nitrogen and oxygen atoms in total. The first kappa shape index (κ1) is 22.4. The van der Waals surface area contributed by atoms with Gasteiger partial charge in [-0.15, -0.1) is 17.1 Å². The maximum absolute atomic E-state index is 9.59. The Kier molecular flexibility index (Phi) is 5.81. The van der Waals surface area contributed by atoms with E-state index in [0.29, 0.717) is 5.71 Å². The van der Waals surface area contributed by atoms with Gasteiger partial charge in [0, 0.05) is 21.6 Å². The highest BCUT2D eigenvalue weighted by atomic mass is 32.1. The number of nitrogens with zero attached hydrogens (tertiary/aromatic N) is 1. The molecule has 1 N–H and O–H groups in total. The summed E-state index contributed by atoms with van der Waals surface area (Å²) in [5.74, 6) is 0. The number of rotatable bonds is 4. The van der Waals surface area contributed by atoms with Gasteiger partial charge in [0.2, 0.25) is 0 Å². The van der Waals surface area contributed by atoms with E-state index in [2.05, 4.69) is 93.5 Å². The summed E-state index contributed by atoms with van der Waals surface area (Å²) in [5, 5.41) is 11.0. The predicted octanol–water partition coefficient (Wildman–Crippen LogP) is 7.54. The molecule has 0 aliphatic carbocycles. The van der Waals surface area contributed by atoms with Gasteiger partial charge in [0.15, 0.2) is 8.24 Å². The molecule has 1 aromatic heterocycles. The molecule has 1 atom stereocenters. The second-order valence-corrected chi connectivity index (χ2v) is 14.9. The molecule has 1 aliphatic rings. The Morgan fingerprint density at radius 2 is 1.59 bits per heavy atom. The van der Waals surface area contributed by atoms with Crippen LogP contribution in [0.5, 0.6) is 0 Å².